The van der Waals surface area contributed by atoms with Crippen molar-refractivity contribution >= 4 is 11.6 Å². The number of hydrogen-bond acceptors (Lipinski definition) is 4. The van der Waals surface area contributed by atoms with Crippen molar-refractivity contribution in [3.05, 3.63) is 22.7 Å². The molecule has 2 unspecified atom stereocenters. The van der Waals surface area contributed by atoms with Gasteiger partial charge in [0.25, 0.3) is 0 Å². The Kier molecular flexibility index (Phi) is 5.52. The minimum Gasteiger partial charge on any atom is -0.490 e. The van der Waals surface area contributed by atoms with Gasteiger partial charge in [-0.25, -0.2) is 0 Å². The molecule has 5 heteroatoms. The van der Waals surface area contributed by atoms with Gasteiger partial charge < -0.3 is 19.3 Å². The zero-order valence-corrected chi connectivity index (χ0v) is 12.7. The predicted octanol–water partition coefficient (Wildman–Crippen LogP) is 3.21. The molecule has 20 heavy (non-hydrogen) atoms. The molecule has 1 heterocycles. The Hall–Kier alpha value is -0.970. The highest BCUT2D eigenvalue weighted by Gasteiger charge is 2.28. The van der Waals surface area contributed by atoms with Crippen LogP contribution >= 0.6 is 11.6 Å². The Labute approximate surface area is 124 Å². The van der Waals surface area contributed by atoms with Gasteiger partial charge in [-0.2, -0.15) is 0 Å². The minimum absolute atomic E-state index is 0.0833. The molecule has 1 aromatic rings. The van der Waals surface area contributed by atoms with Gasteiger partial charge in [0.15, 0.2) is 11.5 Å². The van der Waals surface area contributed by atoms with E-state index >= 15 is 0 Å². The van der Waals surface area contributed by atoms with Crippen molar-refractivity contribution in [3.63, 3.8) is 0 Å². The monoisotopic (exact) mass is 300 g/mol. The molecule has 0 spiro atoms. The van der Waals surface area contributed by atoms with E-state index in [1.54, 1.807) is 12.1 Å². The van der Waals surface area contributed by atoms with Crippen LogP contribution in [0.2, 0.25) is 5.02 Å². The Morgan fingerprint density at radius 1 is 1.30 bits per heavy atom. The lowest BCUT2D eigenvalue weighted by Gasteiger charge is -2.20. The fourth-order valence-electron chi connectivity index (χ4n) is 2.37. The van der Waals surface area contributed by atoms with Gasteiger partial charge in [-0.1, -0.05) is 11.6 Å². The molecule has 1 aromatic carbocycles. The number of rotatable bonds is 6. The summed E-state index contributed by atoms with van der Waals surface area (Å²) in [5.41, 5.74) is 0.675. The Morgan fingerprint density at radius 2 is 1.95 bits per heavy atom. The molecule has 0 aliphatic carbocycles. The van der Waals surface area contributed by atoms with Crippen LogP contribution in [-0.4, -0.2) is 31.5 Å². The number of benzene rings is 1. The summed E-state index contributed by atoms with van der Waals surface area (Å²) in [7, 11) is 0. The molecule has 0 bridgehead atoms. The maximum absolute atomic E-state index is 10.5. The van der Waals surface area contributed by atoms with Crippen LogP contribution in [-0.2, 0) is 4.74 Å². The van der Waals surface area contributed by atoms with Gasteiger partial charge in [-0.05, 0) is 26.3 Å². The van der Waals surface area contributed by atoms with Gasteiger partial charge in [0, 0.05) is 24.2 Å². The molecule has 1 N–H and O–H groups in total. The van der Waals surface area contributed by atoms with Crippen molar-refractivity contribution in [2.75, 3.05) is 26.4 Å². The number of halogens is 1. The SMILES string of the molecule is CCOc1cc(Cl)c(C(O)C2CCOC2)cc1OCC. The molecule has 1 aliphatic rings. The summed E-state index contributed by atoms with van der Waals surface area (Å²) in [6.45, 7) is 6.13. The first-order valence-corrected chi connectivity index (χ1v) is 7.40. The van der Waals surface area contributed by atoms with Crippen molar-refractivity contribution in [1.29, 1.82) is 0 Å². The lowest BCUT2D eigenvalue weighted by atomic mass is 9.95. The predicted molar refractivity (Wildman–Crippen MR) is 77.7 cm³/mol. The van der Waals surface area contributed by atoms with Gasteiger partial charge in [0.1, 0.15) is 0 Å². The maximum Gasteiger partial charge on any atom is 0.162 e. The molecule has 112 valence electrons. The molecule has 4 nitrogen and oxygen atoms in total. The summed E-state index contributed by atoms with van der Waals surface area (Å²) < 4.78 is 16.4. The van der Waals surface area contributed by atoms with E-state index in [-0.39, 0.29) is 5.92 Å². The lowest BCUT2D eigenvalue weighted by molar-refractivity contribution is 0.0915. The second kappa shape index (κ2) is 7.16. The van der Waals surface area contributed by atoms with Crippen LogP contribution in [0.15, 0.2) is 12.1 Å². The van der Waals surface area contributed by atoms with E-state index in [1.807, 2.05) is 13.8 Å². The van der Waals surface area contributed by atoms with E-state index in [2.05, 4.69) is 0 Å². The second-order valence-electron chi connectivity index (χ2n) is 4.75. The first-order chi connectivity index (χ1) is 9.67. The molecule has 1 fully saturated rings. The average molecular weight is 301 g/mol. The first kappa shape index (κ1) is 15.4. The fourth-order valence-corrected chi connectivity index (χ4v) is 2.64. The largest absolute Gasteiger partial charge is 0.490 e. The van der Waals surface area contributed by atoms with Crippen molar-refractivity contribution in [3.8, 4) is 11.5 Å². The number of aliphatic hydroxyl groups excluding tert-OH is 1. The standard InChI is InChI=1S/C15H21ClO4/c1-3-19-13-7-11(12(16)8-14(13)20-4-2)15(17)10-5-6-18-9-10/h7-8,10,15,17H,3-6,9H2,1-2H3. The summed E-state index contributed by atoms with van der Waals surface area (Å²) in [4.78, 5) is 0. The molecule has 0 radical (unpaired) electrons. The molecule has 0 aromatic heterocycles. The van der Waals surface area contributed by atoms with Gasteiger partial charge >= 0.3 is 0 Å². The lowest BCUT2D eigenvalue weighted by Crippen LogP contribution is -2.13. The molecule has 2 rings (SSSR count). The molecular formula is C15H21ClO4. The summed E-state index contributed by atoms with van der Waals surface area (Å²) in [6.07, 6.45) is 0.203. The van der Waals surface area contributed by atoms with Gasteiger partial charge in [-0.3, -0.25) is 0 Å². The van der Waals surface area contributed by atoms with E-state index in [9.17, 15) is 5.11 Å². The minimum atomic E-state index is -0.639. The fraction of sp³-hybridized carbons (Fsp3) is 0.600. The second-order valence-corrected chi connectivity index (χ2v) is 5.16. The summed E-state index contributed by atoms with van der Waals surface area (Å²) >= 11 is 6.27. The van der Waals surface area contributed by atoms with Crippen molar-refractivity contribution < 1.29 is 19.3 Å². The highest BCUT2D eigenvalue weighted by molar-refractivity contribution is 6.31. The van der Waals surface area contributed by atoms with Crippen molar-refractivity contribution in [1.82, 2.24) is 0 Å². The quantitative estimate of drug-likeness (QED) is 0.876. The Bertz CT molecular complexity index is 444. The van der Waals surface area contributed by atoms with Gasteiger partial charge in [0.2, 0.25) is 0 Å². The maximum atomic E-state index is 10.5. The van der Waals surface area contributed by atoms with Crippen molar-refractivity contribution in [2.24, 2.45) is 5.92 Å². The van der Waals surface area contributed by atoms with Crippen LogP contribution in [0.1, 0.15) is 31.9 Å². The highest BCUT2D eigenvalue weighted by atomic mass is 35.5. The third kappa shape index (κ3) is 3.37. The van der Waals surface area contributed by atoms with E-state index < -0.39 is 6.10 Å². The zero-order valence-electron chi connectivity index (χ0n) is 11.9. The first-order valence-electron chi connectivity index (χ1n) is 7.02. The Balaban J connectivity index is 2.29. The van der Waals surface area contributed by atoms with E-state index in [0.29, 0.717) is 48.5 Å². The van der Waals surface area contributed by atoms with Crippen LogP contribution < -0.4 is 9.47 Å². The van der Waals surface area contributed by atoms with Gasteiger partial charge in [-0.15, -0.1) is 0 Å². The molecule has 0 amide bonds. The smallest absolute Gasteiger partial charge is 0.162 e. The summed E-state index contributed by atoms with van der Waals surface area (Å²) in [5.74, 6) is 1.31. The molecular weight excluding hydrogens is 280 g/mol. The van der Waals surface area contributed by atoms with Crippen LogP contribution in [0.4, 0.5) is 0 Å². The van der Waals surface area contributed by atoms with Crippen LogP contribution in [0, 0.1) is 5.92 Å². The van der Waals surface area contributed by atoms with E-state index in [4.69, 9.17) is 25.8 Å². The topological polar surface area (TPSA) is 47.9 Å². The molecule has 0 saturated carbocycles. The highest BCUT2D eigenvalue weighted by Crippen LogP contribution is 2.39. The van der Waals surface area contributed by atoms with Gasteiger partial charge in [0.05, 0.1) is 30.9 Å². The van der Waals surface area contributed by atoms with E-state index in [1.165, 1.54) is 0 Å². The number of aliphatic hydroxyl groups is 1. The summed E-state index contributed by atoms with van der Waals surface area (Å²) in [6, 6.07) is 3.49. The normalized spacial score (nSPS) is 19.9. The Morgan fingerprint density at radius 3 is 2.50 bits per heavy atom. The van der Waals surface area contributed by atoms with Crippen molar-refractivity contribution in [2.45, 2.75) is 26.4 Å². The zero-order chi connectivity index (χ0) is 14.5. The number of ether oxygens (including phenoxy) is 3. The van der Waals surface area contributed by atoms with E-state index in [0.717, 1.165) is 6.42 Å². The van der Waals surface area contributed by atoms with Crippen LogP contribution in [0.3, 0.4) is 0 Å². The average Bonchev–Trinajstić information content (AvgIpc) is 2.95. The number of hydrogen-bond donors (Lipinski definition) is 1. The third-order valence-corrected chi connectivity index (χ3v) is 3.72. The molecule has 1 saturated heterocycles. The third-order valence-electron chi connectivity index (χ3n) is 3.39. The van der Waals surface area contributed by atoms with Crippen LogP contribution in [0.25, 0.3) is 0 Å². The molecule has 1 aliphatic heterocycles. The molecule has 2 atom stereocenters. The van der Waals surface area contributed by atoms with Crippen LogP contribution in [0.5, 0.6) is 11.5 Å². The summed E-state index contributed by atoms with van der Waals surface area (Å²) in [5, 5.41) is 11.0.